The molecule has 2 aromatic rings. The standard InChI is InChI=1S/C20H23FN2O2/c1-13(22-12-19(24)17-4-2-3-5-18(17)21)14-8-10-16(11-9-14)23-20(25)15-6-7-15/h2-5,8-11,13,15,19,22,24H,6-7,12H2,1H3,(H,23,25). The highest BCUT2D eigenvalue weighted by Gasteiger charge is 2.29. The summed E-state index contributed by atoms with van der Waals surface area (Å²) in [7, 11) is 0. The highest BCUT2D eigenvalue weighted by molar-refractivity contribution is 5.94. The van der Waals surface area contributed by atoms with Crippen molar-refractivity contribution in [2.75, 3.05) is 11.9 Å². The molecule has 4 nitrogen and oxygen atoms in total. The van der Waals surface area contributed by atoms with Crippen molar-refractivity contribution < 1.29 is 14.3 Å². The second kappa shape index (κ2) is 7.76. The summed E-state index contributed by atoms with van der Waals surface area (Å²) in [4.78, 5) is 11.8. The Morgan fingerprint density at radius 2 is 1.88 bits per heavy atom. The lowest BCUT2D eigenvalue weighted by molar-refractivity contribution is -0.117. The Labute approximate surface area is 147 Å². The zero-order valence-corrected chi connectivity index (χ0v) is 14.2. The molecule has 2 aromatic carbocycles. The van der Waals surface area contributed by atoms with Gasteiger partial charge in [-0.3, -0.25) is 4.79 Å². The fourth-order valence-electron chi connectivity index (χ4n) is 2.71. The van der Waals surface area contributed by atoms with Gasteiger partial charge in [-0.25, -0.2) is 4.39 Å². The van der Waals surface area contributed by atoms with Crippen LogP contribution in [0.25, 0.3) is 0 Å². The third-order valence-electron chi connectivity index (χ3n) is 4.51. The van der Waals surface area contributed by atoms with Crippen LogP contribution in [0.1, 0.15) is 43.0 Å². The Balaban J connectivity index is 1.53. The molecule has 1 aliphatic carbocycles. The van der Waals surface area contributed by atoms with Crippen molar-refractivity contribution in [1.29, 1.82) is 0 Å². The normalized spacial score (nSPS) is 16.3. The number of aliphatic hydroxyl groups excluding tert-OH is 1. The number of halogens is 1. The molecule has 0 aromatic heterocycles. The van der Waals surface area contributed by atoms with Crippen molar-refractivity contribution in [3.63, 3.8) is 0 Å². The molecule has 2 atom stereocenters. The highest BCUT2D eigenvalue weighted by atomic mass is 19.1. The number of anilines is 1. The van der Waals surface area contributed by atoms with Crippen LogP contribution >= 0.6 is 0 Å². The molecule has 25 heavy (non-hydrogen) atoms. The molecule has 2 unspecified atom stereocenters. The van der Waals surface area contributed by atoms with E-state index < -0.39 is 11.9 Å². The Bertz CT molecular complexity index is 729. The van der Waals surface area contributed by atoms with E-state index in [0.717, 1.165) is 24.1 Å². The van der Waals surface area contributed by atoms with Gasteiger partial charge in [0.15, 0.2) is 0 Å². The van der Waals surface area contributed by atoms with Crippen LogP contribution in [-0.4, -0.2) is 17.6 Å². The SMILES string of the molecule is CC(NCC(O)c1ccccc1F)c1ccc(NC(=O)C2CC2)cc1. The first-order chi connectivity index (χ1) is 12.0. The molecular weight excluding hydrogens is 319 g/mol. The van der Waals surface area contributed by atoms with Crippen LogP contribution in [0.3, 0.4) is 0 Å². The van der Waals surface area contributed by atoms with E-state index in [-0.39, 0.29) is 24.4 Å². The van der Waals surface area contributed by atoms with Gasteiger partial charge in [-0.1, -0.05) is 30.3 Å². The second-order valence-electron chi connectivity index (χ2n) is 6.55. The lowest BCUT2D eigenvalue weighted by atomic mass is 10.1. The molecule has 5 heteroatoms. The van der Waals surface area contributed by atoms with E-state index in [4.69, 9.17) is 0 Å². The van der Waals surface area contributed by atoms with Gasteiger partial charge in [0.05, 0.1) is 6.10 Å². The first-order valence-electron chi connectivity index (χ1n) is 8.61. The second-order valence-corrected chi connectivity index (χ2v) is 6.55. The number of nitrogens with one attached hydrogen (secondary N) is 2. The van der Waals surface area contributed by atoms with Crippen LogP contribution in [0, 0.1) is 11.7 Å². The minimum Gasteiger partial charge on any atom is -0.387 e. The third kappa shape index (κ3) is 4.65. The Morgan fingerprint density at radius 1 is 1.20 bits per heavy atom. The lowest BCUT2D eigenvalue weighted by Gasteiger charge is -2.18. The van der Waals surface area contributed by atoms with Crippen molar-refractivity contribution in [3.8, 4) is 0 Å². The number of aliphatic hydroxyl groups is 1. The van der Waals surface area contributed by atoms with E-state index >= 15 is 0 Å². The molecule has 0 heterocycles. The number of amides is 1. The van der Waals surface area contributed by atoms with E-state index in [2.05, 4.69) is 10.6 Å². The molecular formula is C20H23FN2O2. The minimum atomic E-state index is -0.902. The van der Waals surface area contributed by atoms with Gasteiger partial charge in [0, 0.05) is 29.8 Å². The average molecular weight is 342 g/mol. The number of carbonyl (C=O) groups is 1. The Morgan fingerprint density at radius 3 is 2.52 bits per heavy atom. The molecule has 0 spiro atoms. The molecule has 1 aliphatic rings. The van der Waals surface area contributed by atoms with Crippen LogP contribution < -0.4 is 10.6 Å². The summed E-state index contributed by atoms with van der Waals surface area (Å²) in [5.41, 5.74) is 2.12. The predicted molar refractivity (Wildman–Crippen MR) is 95.6 cm³/mol. The summed E-state index contributed by atoms with van der Waals surface area (Å²) in [6.45, 7) is 2.23. The fourth-order valence-corrected chi connectivity index (χ4v) is 2.71. The number of carbonyl (C=O) groups excluding carboxylic acids is 1. The lowest BCUT2D eigenvalue weighted by Crippen LogP contribution is -2.25. The molecule has 132 valence electrons. The summed E-state index contributed by atoms with van der Waals surface area (Å²) >= 11 is 0. The zero-order chi connectivity index (χ0) is 17.8. The highest BCUT2D eigenvalue weighted by Crippen LogP contribution is 2.30. The molecule has 3 N–H and O–H groups in total. The van der Waals surface area contributed by atoms with Gasteiger partial charge in [-0.15, -0.1) is 0 Å². The first-order valence-corrected chi connectivity index (χ1v) is 8.61. The van der Waals surface area contributed by atoms with Gasteiger partial charge in [0.1, 0.15) is 5.82 Å². The largest absolute Gasteiger partial charge is 0.387 e. The maximum Gasteiger partial charge on any atom is 0.227 e. The van der Waals surface area contributed by atoms with Crippen molar-refractivity contribution in [3.05, 3.63) is 65.5 Å². The number of rotatable bonds is 7. The number of benzene rings is 2. The Hall–Kier alpha value is -2.24. The van der Waals surface area contributed by atoms with Gasteiger partial charge in [0.25, 0.3) is 0 Å². The fraction of sp³-hybridized carbons (Fsp3) is 0.350. The summed E-state index contributed by atoms with van der Waals surface area (Å²) in [6.07, 6.45) is 1.06. The quantitative estimate of drug-likeness (QED) is 0.721. The first kappa shape index (κ1) is 17.6. The van der Waals surface area contributed by atoms with Crippen molar-refractivity contribution in [2.24, 2.45) is 5.92 Å². The van der Waals surface area contributed by atoms with E-state index in [9.17, 15) is 14.3 Å². The predicted octanol–water partition coefficient (Wildman–Crippen LogP) is 3.56. The number of hydrogen-bond acceptors (Lipinski definition) is 3. The Kier molecular flexibility index (Phi) is 5.46. The van der Waals surface area contributed by atoms with Gasteiger partial charge in [0.2, 0.25) is 5.91 Å². The molecule has 1 saturated carbocycles. The summed E-state index contributed by atoms with van der Waals surface area (Å²) in [5.74, 6) is -0.132. The molecule has 0 bridgehead atoms. The van der Waals surface area contributed by atoms with Crippen LogP contribution in [0.15, 0.2) is 48.5 Å². The van der Waals surface area contributed by atoms with Gasteiger partial charge < -0.3 is 15.7 Å². The molecule has 0 aliphatic heterocycles. The molecule has 1 amide bonds. The minimum absolute atomic E-state index is 0.00499. The van der Waals surface area contributed by atoms with Crippen LogP contribution in [-0.2, 0) is 4.79 Å². The average Bonchev–Trinajstić information content (AvgIpc) is 3.45. The van der Waals surface area contributed by atoms with Crippen LogP contribution in [0.5, 0.6) is 0 Å². The van der Waals surface area contributed by atoms with Gasteiger partial charge in [-0.05, 0) is 43.5 Å². The molecule has 0 radical (unpaired) electrons. The van der Waals surface area contributed by atoms with E-state index in [1.807, 2.05) is 31.2 Å². The van der Waals surface area contributed by atoms with Crippen LogP contribution in [0.4, 0.5) is 10.1 Å². The number of hydrogen-bond donors (Lipinski definition) is 3. The summed E-state index contributed by atoms with van der Waals surface area (Å²) in [6, 6.07) is 13.9. The van der Waals surface area contributed by atoms with Gasteiger partial charge in [-0.2, -0.15) is 0 Å². The monoisotopic (exact) mass is 342 g/mol. The van der Waals surface area contributed by atoms with Crippen molar-refractivity contribution >= 4 is 11.6 Å². The molecule has 1 fully saturated rings. The summed E-state index contributed by atoms with van der Waals surface area (Å²) < 4.78 is 13.7. The third-order valence-corrected chi connectivity index (χ3v) is 4.51. The van der Waals surface area contributed by atoms with Crippen molar-refractivity contribution in [1.82, 2.24) is 5.32 Å². The summed E-state index contributed by atoms with van der Waals surface area (Å²) in [5, 5.41) is 16.3. The zero-order valence-electron chi connectivity index (χ0n) is 14.2. The maximum atomic E-state index is 13.7. The van der Waals surface area contributed by atoms with Crippen LogP contribution in [0.2, 0.25) is 0 Å². The van der Waals surface area contributed by atoms with E-state index in [1.165, 1.54) is 6.07 Å². The van der Waals surface area contributed by atoms with Crippen molar-refractivity contribution in [2.45, 2.75) is 31.9 Å². The topological polar surface area (TPSA) is 61.4 Å². The molecule has 3 rings (SSSR count). The van der Waals surface area contributed by atoms with Gasteiger partial charge >= 0.3 is 0 Å². The van der Waals surface area contributed by atoms with E-state index in [1.54, 1.807) is 18.2 Å². The van der Waals surface area contributed by atoms with E-state index in [0.29, 0.717) is 5.56 Å². The molecule has 0 saturated heterocycles. The maximum absolute atomic E-state index is 13.7. The smallest absolute Gasteiger partial charge is 0.227 e.